The van der Waals surface area contributed by atoms with Crippen molar-refractivity contribution in [1.82, 2.24) is 34.3 Å². The Labute approximate surface area is 205 Å². The van der Waals surface area contributed by atoms with E-state index in [0.717, 1.165) is 33.5 Å². The first-order valence-electron chi connectivity index (χ1n) is 11.4. The SMILES string of the molecule is COc1ccncc1-c1cc2c(cnn2-c2cc3c(nc(C)n3C)c(OCC3(F)COC3)n2)c(C)n1. The van der Waals surface area contributed by atoms with E-state index in [0.29, 0.717) is 22.8 Å². The predicted octanol–water partition coefficient (Wildman–Crippen LogP) is 3.51. The van der Waals surface area contributed by atoms with Gasteiger partial charge >= 0.3 is 0 Å². The molecule has 11 heteroatoms. The van der Waals surface area contributed by atoms with Crippen molar-refractivity contribution in [3.63, 3.8) is 0 Å². The Hall–Kier alpha value is -4.12. The highest BCUT2D eigenvalue weighted by Gasteiger charge is 2.40. The lowest BCUT2D eigenvalue weighted by Gasteiger charge is -2.32. The van der Waals surface area contributed by atoms with Gasteiger partial charge in [0, 0.05) is 36.6 Å². The summed E-state index contributed by atoms with van der Waals surface area (Å²) < 4.78 is 34.7. The molecule has 1 fully saturated rings. The van der Waals surface area contributed by atoms with Crippen LogP contribution >= 0.6 is 0 Å². The number of nitrogens with zero attached hydrogens (tertiary/aromatic N) is 7. The van der Waals surface area contributed by atoms with Gasteiger partial charge in [0.25, 0.3) is 0 Å². The summed E-state index contributed by atoms with van der Waals surface area (Å²) in [5, 5.41) is 5.49. The van der Waals surface area contributed by atoms with Gasteiger partial charge in [-0.25, -0.2) is 14.1 Å². The van der Waals surface area contributed by atoms with Crippen molar-refractivity contribution in [3.05, 3.63) is 48.3 Å². The molecule has 6 rings (SSSR count). The second-order valence-electron chi connectivity index (χ2n) is 8.96. The van der Waals surface area contributed by atoms with Crippen LogP contribution in [-0.2, 0) is 11.8 Å². The standard InChI is InChI=1S/C25H24FN7O3/c1-14-16-10-28-33(19(16)7-18(29-14)17-9-27-6-5-21(17)34-4)22-8-20-23(30-15(2)32(20)3)24(31-22)36-13-25(26)11-35-12-25/h5-10H,11-13H2,1-4H3. The third-order valence-electron chi connectivity index (χ3n) is 6.49. The number of pyridine rings is 3. The molecule has 0 unspecified atom stereocenters. The van der Waals surface area contributed by atoms with Gasteiger partial charge in [-0.2, -0.15) is 10.1 Å². The summed E-state index contributed by atoms with van der Waals surface area (Å²) in [6.07, 6.45) is 5.15. The average Bonchev–Trinajstić information content (AvgIpc) is 3.42. The van der Waals surface area contributed by atoms with Crippen LogP contribution in [0.5, 0.6) is 11.6 Å². The normalized spacial score (nSPS) is 14.8. The summed E-state index contributed by atoms with van der Waals surface area (Å²) in [5.41, 5.74) is 2.92. The highest BCUT2D eigenvalue weighted by Crippen LogP contribution is 2.33. The van der Waals surface area contributed by atoms with Gasteiger partial charge in [-0.15, -0.1) is 0 Å². The van der Waals surface area contributed by atoms with Crippen LogP contribution < -0.4 is 9.47 Å². The van der Waals surface area contributed by atoms with Gasteiger partial charge in [-0.3, -0.25) is 9.97 Å². The summed E-state index contributed by atoms with van der Waals surface area (Å²) >= 11 is 0. The Bertz CT molecular complexity index is 1620. The topological polar surface area (TPSA) is 102 Å². The molecule has 10 nitrogen and oxygen atoms in total. The van der Waals surface area contributed by atoms with Gasteiger partial charge in [0.05, 0.1) is 48.8 Å². The Morgan fingerprint density at radius 2 is 1.94 bits per heavy atom. The van der Waals surface area contributed by atoms with Crippen LogP contribution in [0.1, 0.15) is 11.5 Å². The Morgan fingerprint density at radius 1 is 1.11 bits per heavy atom. The van der Waals surface area contributed by atoms with Crippen LogP contribution in [0.15, 0.2) is 36.8 Å². The minimum atomic E-state index is -1.52. The smallest absolute Gasteiger partial charge is 0.244 e. The molecule has 0 aliphatic carbocycles. The zero-order valence-corrected chi connectivity index (χ0v) is 20.3. The maximum Gasteiger partial charge on any atom is 0.244 e. The number of aromatic nitrogens is 7. The van der Waals surface area contributed by atoms with Gasteiger partial charge in [0.15, 0.2) is 17.0 Å². The van der Waals surface area contributed by atoms with E-state index in [9.17, 15) is 4.39 Å². The van der Waals surface area contributed by atoms with E-state index in [1.807, 2.05) is 37.6 Å². The van der Waals surface area contributed by atoms with E-state index in [1.165, 1.54) is 0 Å². The highest BCUT2D eigenvalue weighted by molar-refractivity contribution is 5.88. The molecule has 0 atom stereocenters. The van der Waals surface area contributed by atoms with Crippen LogP contribution in [0, 0.1) is 13.8 Å². The second kappa shape index (κ2) is 8.23. The van der Waals surface area contributed by atoms with Crippen molar-refractivity contribution in [3.8, 4) is 28.7 Å². The molecule has 0 saturated carbocycles. The summed E-state index contributed by atoms with van der Waals surface area (Å²) in [6.45, 7) is 3.67. The van der Waals surface area contributed by atoms with E-state index in [2.05, 4.69) is 15.1 Å². The van der Waals surface area contributed by atoms with Crippen molar-refractivity contribution in [2.75, 3.05) is 26.9 Å². The number of imidazole rings is 1. The maximum absolute atomic E-state index is 14.6. The molecule has 0 bridgehead atoms. The van der Waals surface area contributed by atoms with Crippen LogP contribution in [0.2, 0.25) is 0 Å². The van der Waals surface area contributed by atoms with Crippen molar-refractivity contribution >= 4 is 21.9 Å². The van der Waals surface area contributed by atoms with Gasteiger partial charge in [0.1, 0.15) is 18.2 Å². The number of rotatable bonds is 6. The minimum Gasteiger partial charge on any atom is -0.496 e. The van der Waals surface area contributed by atoms with Gasteiger partial charge in [-0.1, -0.05) is 0 Å². The number of halogens is 1. The fourth-order valence-corrected chi connectivity index (χ4v) is 4.33. The monoisotopic (exact) mass is 489 g/mol. The molecule has 0 aromatic carbocycles. The first-order chi connectivity index (χ1) is 17.4. The fourth-order valence-electron chi connectivity index (χ4n) is 4.33. The van der Waals surface area contributed by atoms with E-state index >= 15 is 0 Å². The minimum absolute atomic E-state index is 0.00767. The lowest BCUT2D eigenvalue weighted by atomic mass is 10.1. The molecule has 1 aliphatic rings. The molecule has 1 saturated heterocycles. The van der Waals surface area contributed by atoms with Crippen molar-refractivity contribution in [2.24, 2.45) is 7.05 Å². The summed E-state index contributed by atoms with van der Waals surface area (Å²) in [4.78, 5) is 18.3. The van der Waals surface area contributed by atoms with E-state index < -0.39 is 5.67 Å². The quantitative estimate of drug-likeness (QED) is 0.357. The third-order valence-corrected chi connectivity index (χ3v) is 6.49. The molecule has 0 amide bonds. The molecule has 5 aromatic rings. The van der Waals surface area contributed by atoms with Crippen LogP contribution in [0.4, 0.5) is 4.39 Å². The largest absolute Gasteiger partial charge is 0.496 e. The number of hydrogen-bond acceptors (Lipinski definition) is 8. The number of alkyl halides is 1. The maximum atomic E-state index is 14.6. The molecule has 5 aromatic heterocycles. The van der Waals surface area contributed by atoms with Crippen molar-refractivity contribution in [1.29, 1.82) is 0 Å². The highest BCUT2D eigenvalue weighted by atomic mass is 19.1. The molecular formula is C25H24FN7O3. The van der Waals surface area contributed by atoms with Crippen LogP contribution in [0.25, 0.3) is 39.0 Å². The number of ether oxygens (including phenoxy) is 3. The predicted molar refractivity (Wildman–Crippen MR) is 130 cm³/mol. The van der Waals surface area contributed by atoms with Crippen molar-refractivity contribution in [2.45, 2.75) is 19.5 Å². The van der Waals surface area contributed by atoms with Crippen molar-refractivity contribution < 1.29 is 18.6 Å². The second-order valence-corrected chi connectivity index (χ2v) is 8.96. The zero-order chi connectivity index (χ0) is 25.0. The molecule has 0 N–H and O–H groups in total. The third kappa shape index (κ3) is 3.54. The number of aryl methyl sites for hydroxylation is 3. The Balaban J connectivity index is 1.51. The first kappa shape index (κ1) is 22.4. The Morgan fingerprint density at radius 3 is 2.69 bits per heavy atom. The number of methoxy groups -OCH3 is 1. The van der Waals surface area contributed by atoms with Crippen LogP contribution in [0.3, 0.4) is 0 Å². The molecule has 0 spiro atoms. The summed E-state index contributed by atoms with van der Waals surface area (Å²) in [6, 6.07) is 5.62. The van der Waals surface area contributed by atoms with Crippen LogP contribution in [-0.4, -0.2) is 66.9 Å². The molecule has 6 heterocycles. The Kier molecular flexibility index (Phi) is 5.11. The lowest BCUT2D eigenvalue weighted by molar-refractivity contribution is -0.146. The number of hydrogen-bond donors (Lipinski definition) is 0. The number of fused-ring (bicyclic) bond motifs is 2. The molecule has 36 heavy (non-hydrogen) atoms. The molecule has 1 aliphatic heterocycles. The molecule has 0 radical (unpaired) electrons. The summed E-state index contributed by atoms with van der Waals surface area (Å²) in [5.74, 6) is 2.22. The fraction of sp³-hybridized carbons (Fsp3) is 0.320. The zero-order valence-electron chi connectivity index (χ0n) is 20.3. The first-order valence-corrected chi connectivity index (χ1v) is 11.4. The van der Waals surface area contributed by atoms with Gasteiger partial charge < -0.3 is 18.8 Å². The van der Waals surface area contributed by atoms with E-state index in [1.54, 1.807) is 36.4 Å². The average molecular weight is 490 g/mol. The van der Waals surface area contributed by atoms with Gasteiger partial charge in [0.2, 0.25) is 5.88 Å². The van der Waals surface area contributed by atoms with E-state index in [-0.39, 0.29) is 25.7 Å². The van der Waals surface area contributed by atoms with E-state index in [4.69, 9.17) is 24.2 Å². The van der Waals surface area contributed by atoms with Gasteiger partial charge in [-0.05, 0) is 26.0 Å². The summed E-state index contributed by atoms with van der Waals surface area (Å²) in [7, 11) is 3.53. The molecule has 184 valence electrons. The molecular weight excluding hydrogens is 465 g/mol. The lowest BCUT2D eigenvalue weighted by Crippen LogP contribution is -2.50.